The first-order valence-corrected chi connectivity index (χ1v) is 11.6. The van der Waals surface area contributed by atoms with Crippen molar-refractivity contribution in [1.82, 2.24) is 0 Å². The van der Waals surface area contributed by atoms with Gasteiger partial charge in [-0.2, -0.15) is 0 Å². The maximum absolute atomic E-state index is 13.3. The van der Waals surface area contributed by atoms with E-state index in [9.17, 15) is 18.0 Å². The Morgan fingerprint density at radius 2 is 1.61 bits per heavy atom. The lowest BCUT2D eigenvalue weighted by Gasteiger charge is -2.47. The van der Waals surface area contributed by atoms with Crippen LogP contribution in [0.25, 0.3) is 0 Å². The number of hydrogen-bond donors (Lipinski definition) is 1. The number of sulfonamides is 1. The van der Waals surface area contributed by atoms with Crippen molar-refractivity contribution >= 4 is 33.2 Å². The summed E-state index contributed by atoms with van der Waals surface area (Å²) in [5, 5.41) is 0. The molecule has 2 aromatic carbocycles. The fraction of sp³-hybridized carbons (Fsp3) is 0.391. The van der Waals surface area contributed by atoms with E-state index in [1.807, 2.05) is 20.8 Å². The minimum absolute atomic E-state index is 0.0403. The van der Waals surface area contributed by atoms with Crippen molar-refractivity contribution in [1.29, 1.82) is 0 Å². The first kappa shape index (κ1) is 21.4. The molecular weight excluding hydrogens is 416 g/mol. The molecular formula is C23H26N2O5S. The van der Waals surface area contributed by atoms with Gasteiger partial charge in [0.1, 0.15) is 5.75 Å². The fourth-order valence-electron chi connectivity index (χ4n) is 4.71. The first-order valence-electron chi connectivity index (χ1n) is 10.2. The highest BCUT2D eigenvalue weighted by molar-refractivity contribution is 7.92. The average molecular weight is 443 g/mol. The zero-order valence-corrected chi connectivity index (χ0v) is 18.8. The standard InChI is InChI=1S/C23H26N2O5S/c1-22(2)19-13-14-23(22,3)21(27)25(20(19)26)16-7-11-18(12-8-16)31(28,29)24-15-5-9-17(30-4)10-6-15/h5-12,19,24H,13-14H2,1-4H3/t19-,23+/m1/s1. The van der Waals surface area contributed by atoms with E-state index in [0.29, 0.717) is 30.0 Å². The Morgan fingerprint density at radius 3 is 2.19 bits per heavy atom. The highest BCUT2D eigenvalue weighted by Gasteiger charge is 2.64. The number of fused-ring (bicyclic) bond motifs is 2. The molecule has 1 aliphatic heterocycles. The quantitative estimate of drug-likeness (QED) is 0.711. The molecule has 1 saturated carbocycles. The SMILES string of the molecule is COc1ccc(NS(=O)(=O)c2ccc(N3C(=O)[C@H]4CC[C@@](C)(C3=O)C4(C)C)cc2)cc1. The Hall–Kier alpha value is -2.87. The lowest BCUT2D eigenvalue weighted by molar-refractivity contribution is -0.146. The summed E-state index contributed by atoms with van der Waals surface area (Å²) in [6, 6.07) is 12.4. The van der Waals surface area contributed by atoms with Crippen molar-refractivity contribution in [2.45, 2.75) is 38.5 Å². The molecule has 0 aromatic heterocycles. The van der Waals surface area contributed by atoms with Crippen LogP contribution in [0.2, 0.25) is 0 Å². The third-order valence-corrected chi connectivity index (χ3v) is 8.56. The molecule has 2 aliphatic rings. The van der Waals surface area contributed by atoms with Gasteiger partial charge in [0, 0.05) is 11.6 Å². The molecule has 1 aliphatic carbocycles. The third-order valence-electron chi connectivity index (χ3n) is 7.17. The van der Waals surface area contributed by atoms with Gasteiger partial charge in [-0.3, -0.25) is 14.3 Å². The van der Waals surface area contributed by atoms with Crippen LogP contribution in [0.3, 0.4) is 0 Å². The second-order valence-electron chi connectivity index (χ2n) is 8.95. The summed E-state index contributed by atoms with van der Waals surface area (Å²) in [5.41, 5.74) is -0.222. The van der Waals surface area contributed by atoms with Crippen molar-refractivity contribution in [2.24, 2.45) is 16.7 Å². The second kappa shape index (κ2) is 7.09. The topological polar surface area (TPSA) is 92.8 Å². The minimum Gasteiger partial charge on any atom is -0.497 e. The number of anilines is 2. The Bertz CT molecular complexity index is 1140. The Morgan fingerprint density at radius 1 is 1.00 bits per heavy atom. The highest BCUT2D eigenvalue weighted by atomic mass is 32.2. The Kier molecular flexibility index (Phi) is 4.88. The monoisotopic (exact) mass is 442 g/mol. The fourth-order valence-corrected chi connectivity index (χ4v) is 5.77. The zero-order chi connectivity index (χ0) is 22.6. The number of amides is 2. The van der Waals surface area contributed by atoms with Crippen molar-refractivity contribution < 1.29 is 22.7 Å². The molecule has 2 aromatic rings. The number of imide groups is 1. The summed E-state index contributed by atoms with van der Waals surface area (Å²) in [6.07, 6.45) is 1.35. The molecule has 0 radical (unpaired) electrons. The van der Waals surface area contributed by atoms with Crippen LogP contribution in [-0.4, -0.2) is 27.3 Å². The Balaban J connectivity index is 1.59. The van der Waals surface area contributed by atoms with Crippen LogP contribution >= 0.6 is 0 Å². The Labute approximate surface area is 182 Å². The van der Waals surface area contributed by atoms with Gasteiger partial charge < -0.3 is 4.74 Å². The normalized spacial score (nSPS) is 24.9. The van der Waals surface area contributed by atoms with Gasteiger partial charge in [-0.15, -0.1) is 0 Å². The number of piperidine rings is 1. The predicted molar refractivity (Wildman–Crippen MR) is 117 cm³/mol. The van der Waals surface area contributed by atoms with E-state index >= 15 is 0 Å². The van der Waals surface area contributed by atoms with Gasteiger partial charge in [0.2, 0.25) is 11.8 Å². The molecule has 2 amide bonds. The lowest BCUT2D eigenvalue weighted by Crippen LogP contribution is -2.59. The molecule has 2 atom stereocenters. The van der Waals surface area contributed by atoms with Crippen molar-refractivity contribution in [3.63, 3.8) is 0 Å². The number of carbonyl (C=O) groups is 2. The summed E-state index contributed by atoms with van der Waals surface area (Å²) in [6.45, 7) is 5.89. The molecule has 4 rings (SSSR count). The molecule has 8 heteroatoms. The molecule has 31 heavy (non-hydrogen) atoms. The van der Waals surface area contributed by atoms with Gasteiger partial charge in [0.15, 0.2) is 0 Å². The van der Waals surface area contributed by atoms with Gasteiger partial charge in [0.05, 0.1) is 23.1 Å². The summed E-state index contributed by atoms with van der Waals surface area (Å²) in [7, 11) is -2.29. The minimum atomic E-state index is -3.83. The van der Waals surface area contributed by atoms with Gasteiger partial charge in [-0.25, -0.2) is 13.3 Å². The molecule has 2 fully saturated rings. The molecule has 7 nitrogen and oxygen atoms in total. The zero-order valence-electron chi connectivity index (χ0n) is 18.0. The van der Waals surface area contributed by atoms with Crippen molar-refractivity contribution in [3.8, 4) is 5.75 Å². The number of methoxy groups -OCH3 is 1. The van der Waals surface area contributed by atoms with Crippen LogP contribution in [0.5, 0.6) is 5.75 Å². The summed E-state index contributed by atoms with van der Waals surface area (Å²) < 4.78 is 33.1. The van der Waals surface area contributed by atoms with Gasteiger partial charge in [-0.1, -0.05) is 20.8 Å². The van der Waals surface area contributed by atoms with Crippen LogP contribution in [0.1, 0.15) is 33.6 Å². The van der Waals surface area contributed by atoms with E-state index in [1.165, 1.54) is 36.3 Å². The van der Waals surface area contributed by atoms with Crippen LogP contribution in [-0.2, 0) is 19.6 Å². The first-order chi connectivity index (χ1) is 14.5. The second-order valence-corrected chi connectivity index (χ2v) is 10.6. The summed E-state index contributed by atoms with van der Waals surface area (Å²) >= 11 is 0. The van der Waals surface area contributed by atoms with Gasteiger partial charge in [-0.05, 0) is 66.8 Å². The molecule has 164 valence electrons. The molecule has 1 N–H and O–H groups in total. The largest absolute Gasteiger partial charge is 0.497 e. The highest BCUT2D eigenvalue weighted by Crippen LogP contribution is 2.60. The molecule has 0 spiro atoms. The number of ether oxygens (including phenoxy) is 1. The summed E-state index contributed by atoms with van der Waals surface area (Å²) in [4.78, 5) is 27.6. The van der Waals surface area contributed by atoms with E-state index in [2.05, 4.69) is 4.72 Å². The number of hydrogen-bond acceptors (Lipinski definition) is 5. The van der Waals surface area contributed by atoms with E-state index in [4.69, 9.17) is 4.74 Å². The summed E-state index contributed by atoms with van der Waals surface area (Å²) in [5.74, 6) is -0.0375. The average Bonchev–Trinajstić information content (AvgIpc) is 2.92. The van der Waals surface area contributed by atoms with E-state index in [0.717, 1.165) is 0 Å². The van der Waals surface area contributed by atoms with Crippen LogP contribution in [0.4, 0.5) is 11.4 Å². The maximum Gasteiger partial charge on any atom is 0.261 e. The predicted octanol–water partition coefficient (Wildman–Crippen LogP) is 3.81. The number of benzene rings is 2. The number of rotatable bonds is 5. The van der Waals surface area contributed by atoms with E-state index in [-0.39, 0.29) is 22.6 Å². The van der Waals surface area contributed by atoms with Gasteiger partial charge in [0.25, 0.3) is 10.0 Å². The third kappa shape index (κ3) is 3.20. The van der Waals surface area contributed by atoms with Gasteiger partial charge >= 0.3 is 0 Å². The van der Waals surface area contributed by atoms with Crippen molar-refractivity contribution in [2.75, 3.05) is 16.7 Å². The van der Waals surface area contributed by atoms with E-state index in [1.54, 1.807) is 24.3 Å². The smallest absolute Gasteiger partial charge is 0.261 e. The lowest BCUT2D eigenvalue weighted by atomic mass is 9.62. The van der Waals surface area contributed by atoms with Crippen LogP contribution in [0.15, 0.2) is 53.4 Å². The molecule has 0 unspecified atom stereocenters. The van der Waals surface area contributed by atoms with Crippen LogP contribution in [0, 0.1) is 16.7 Å². The molecule has 2 bridgehead atoms. The number of carbonyl (C=O) groups excluding carboxylic acids is 2. The maximum atomic E-state index is 13.3. The van der Waals surface area contributed by atoms with Crippen LogP contribution < -0.4 is 14.4 Å². The number of nitrogens with one attached hydrogen (secondary N) is 1. The van der Waals surface area contributed by atoms with Crippen molar-refractivity contribution in [3.05, 3.63) is 48.5 Å². The van der Waals surface area contributed by atoms with E-state index < -0.39 is 20.9 Å². The molecule has 1 saturated heterocycles. The number of nitrogens with zero attached hydrogens (tertiary/aromatic N) is 1. The molecule has 1 heterocycles.